The van der Waals surface area contributed by atoms with E-state index in [0.717, 1.165) is 43.0 Å². The van der Waals surface area contributed by atoms with Gasteiger partial charge in [-0.25, -0.2) is 0 Å². The Morgan fingerprint density at radius 2 is 2.00 bits per heavy atom. The van der Waals surface area contributed by atoms with E-state index in [0.29, 0.717) is 18.9 Å². The van der Waals surface area contributed by atoms with Crippen molar-refractivity contribution >= 4 is 5.91 Å². The van der Waals surface area contributed by atoms with Crippen LogP contribution in [0.3, 0.4) is 0 Å². The average Bonchev–Trinajstić information content (AvgIpc) is 2.59. The van der Waals surface area contributed by atoms with Crippen molar-refractivity contribution in [3.05, 3.63) is 23.8 Å². The Bertz CT molecular complexity index is 525. The number of benzene rings is 1. The third kappa shape index (κ3) is 4.38. The first-order valence-corrected chi connectivity index (χ1v) is 8.28. The van der Waals surface area contributed by atoms with Crippen molar-refractivity contribution in [2.75, 3.05) is 33.9 Å². The van der Waals surface area contributed by atoms with Crippen molar-refractivity contribution in [2.45, 2.75) is 32.1 Å². The molecule has 23 heavy (non-hydrogen) atoms. The Kier molecular flexibility index (Phi) is 6.28. The summed E-state index contributed by atoms with van der Waals surface area (Å²) < 4.78 is 10.7. The fourth-order valence-electron chi connectivity index (χ4n) is 3.07. The molecule has 0 aliphatic carbocycles. The number of amides is 1. The van der Waals surface area contributed by atoms with Gasteiger partial charge in [-0.3, -0.25) is 4.79 Å². The lowest BCUT2D eigenvalue weighted by atomic mass is 9.93. The molecule has 5 nitrogen and oxygen atoms in total. The topological polar surface area (TPSA) is 64.8 Å². The minimum atomic E-state index is -0.0392. The van der Waals surface area contributed by atoms with Gasteiger partial charge in [-0.2, -0.15) is 0 Å². The van der Waals surface area contributed by atoms with Crippen LogP contribution in [-0.4, -0.2) is 44.7 Å². The van der Waals surface area contributed by atoms with Gasteiger partial charge in [0.15, 0.2) is 0 Å². The number of rotatable bonds is 6. The molecule has 0 spiro atoms. The number of hydrogen-bond donors (Lipinski definition) is 1. The Morgan fingerprint density at radius 3 is 2.57 bits per heavy atom. The first-order valence-electron chi connectivity index (χ1n) is 8.28. The molecule has 1 aromatic rings. The second-order valence-corrected chi connectivity index (χ2v) is 6.31. The lowest BCUT2D eigenvalue weighted by molar-refractivity contribution is -0.132. The van der Waals surface area contributed by atoms with Gasteiger partial charge in [0.1, 0.15) is 11.5 Å². The van der Waals surface area contributed by atoms with Crippen LogP contribution in [0.1, 0.15) is 37.7 Å². The SMILES string of the molecule is COc1ccc(C(CN)CC(=O)N2CCC(C)CC2)c(OC)c1. The van der Waals surface area contributed by atoms with E-state index < -0.39 is 0 Å². The number of ether oxygens (including phenoxy) is 2. The van der Waals surface area contributed by atoms with Crippen LogP contribution in [0.4, 0.5) is 0 Å². The molecule has 1 unspecified atom stereocenters. The van der Waals surface area contributed by atoms with Crippen LogP contribution in [0, 0.1) is 5.92 Å². The van der Waals surface area contributed by atoms with E-state index >= 15 is 0 Å². The lowest BCUT2D eigenvalue weighted by Gasteiger charge is -2.31. The molecule has 1 fully saturated rings. The molecule has 1 atom stereocenters. The fraction of sp³-hybridized carbons (Fsp3) is 0.611. The standard InChI is InChI=1S/C18H28N2O3/c1-13-6-8-20(9-7-13)18(21)10-14(12-19)16-5-4-15(22-2)11-17(16)23-3/h4-5,11,13-14H,6-10,12,19H2,1-3H3. The Morgan fingerprint density at radius 1 is 1.30 bits per heavy atom. The summed E-state index contributed by atoms with van der Waals surface area (Å²) in [4.78, 5) is 14.5. The van der Waals surface area contributed by atoms with Gasteiger partial charge in [0.2, 0.25) is 5.91 Å². The number of nitrogens with two attached hydrogens (primary N) is 1. The third-order valence-electron chi connectivity index (χ3n) is 4.72. The number of piperidine rings is 1. The van der Waals surface area contributed by atoms with E-state index in [9.17, 15) is 4.79 Å². The number of methoxy groups -OCH3 is 2. The molecular weight excluding hydrogens is 292 g/mol. The average molecular weight is 320 g/mol. The summed E-state index contributed by atoms with van der Waals surface area (Å²) in [5, 5.41) is 0. The molecule has 1 amide bonds. The van der Waals surface area contributed by atoms with Crippen molar-refractivity contribution in [2.24, 2.45) is 11.7 Å². The summed E-state index contributed by atoms with van der Waals surface area (Å²) in [5.74, 6) is 2.32. The van der Waals surface area contributed by atoms with Gasteiger partial charge in [-0.1, -0.05) is 13.0 Å². The van der Waals surface area contributed by atoms with E-state index in [1.165, 1.54) is 0 Å². The molecule has 0 radical (unpaired) electrons. The Hall–Kier alpha value is -1.75. The molecule has 1 aliphatic rings. The monoisotopic (exact) mass is 320 g/mol. The molecule has 1 saturated heterocycles. The van der Waals surface area contributed by atoms with Crippen molar-refractivity contribution in [1.82, 2.24) is 4.90 Å². The largest absolute Gasteiger partial charge is 0.497 e. The molecular formula is C18H28N2O3. The van der Waals surface area contributed by atoms with Crippen LogP contribution >= 0.6 is 0 Å². The molecule has 1 aliphatic heterocycles. The van der Waals surface area contributed by atoms with E-state index in [-0.39, 0.29) is 11.8 Å². The van der Waals surface area contributed by atoms with Crippen LogP contribution in [0.15, 0.2) is 18.2 Å². The summed E-state index contributed by atoms with van der Waals surface area (Å²) in [7, 11) is 3.25. The highest BCUT2D eigenvalue weighted by Gasteiger charge is 2.25. The van der Waals surface area contributed by atoms with Crippen LogP contribution in [0.5, 0.6) is 11.5 Å². The van der Waals surface area contributed by atoms with Crippen LogP contribution in [0.2, 0.25) is 0 Å². The minimum absolute atomic E-state index is 0.0392. The highest BCUT2D eigenvalue weighted by molar-refractivity contribution is 5.77. The Balaban J connectivity index is 2.09. The van der Waals surface area contributed by atoms with Gasteiger partial charge in [-0.15, -0.1) is 0 Å². The van der Waals surface area contributed by atoms with Gasteiger partial charge in [-0.05, 0) is 36.9 Å². The summed E-state index contributed by atoms with van der Waals surface area (Å²) in [6.07, 6.45) is 2.60. The number of hydrogen-bond acceptors (Lipinski definition) is 4. The number of carbonyl (C=O) groups is 1. The van der Waals surface area contributed by atoms with Gasteiger partial charge >= 0.3 is 0 Å². The molecule has 1 heterocycles. The summed E-state index contributed by atoms with van der Waals surface area (Å²) in [6.45, 7) is 4.37. The molecule has 0 saturated carbocycles. The zero-order chi connectivity index (χ0) is 16.8. The van der Waals surface area contributed by atoms with E-state index in [1.54, 1.807) is 14.2 Å². The number of carbonyl (C=O) groups excluding carboxylic acids is 1. The predicted octanol–water partition coefficient (Wildman–Crippen LogP) is 2.39. The summed E-state index contributed by atoms with van der Waals surface area (Å²) in [6, 6.07) is 5.67. The maximum absolute atomic E-state index is 12.6. The number of nitrogens with zero attached hydrogens (tertiary/aromatic N) is 1. The summed E-state index contributed by atoms with van der Waals surface area (Å²) >= 11 is 0. The maximum Gasteiger partial charge on any atom is 0.223 e. The molecule has 2 N–H and O–H groups in total. The van der Waals surface area contributed by atoms with Crippen LogP contribution in [0.25, 0.3) is 0 Å². The second kappa shape index (κ2) is 8.20. The van der Waals surface area contributed by atoms with E-state index in [4.69, 9.17) is 15.2 Å². The first kappa shape index (κ1) is 17.6. The van der Waals surface area contributed by atoms with Crippen molar-refractivity contribution < 1.29 is 14.3 Å². The summed E-state index contributed by atoms with van der Waals surface area (Å²) in [5.41, 5.74) is 6.91. The quantitative estimate of drug-likeness (QED) is 0.874. The van der Waals surface area contributed by atoms with Gasteiger partial charge in [0, 0.05) is 31.5 Å². The van der Waals surface area contributed by atoms with Crippen LogP contribution in [-0.2, 0) is 4.79 Å². The van der Waals surface area contributed by atoms with Crippen molar-refractivity contribution in [1.29, 1.82) is 0 Å². The van der Waals surface area contributed by atoms with Crippen LogP contribution < -0.4 is 15.2 Å². The first-order chi connectivity index (χ1) is 11.1. The van der Waals surface area contributed by atoms with Gasteiger partial charge in [0.25, 0.3) is 0 Å². The van der Waals surface area contributed by atoms with Crippen molar-refractivity contribution in [3.8, 4) is 11.5 Å². The minimum Gasteiger partial charge on any atom is -0.497 e. The third-order valence-corrected chi connectivity index (χ3v) is 4.72. The predicted molar refractivity (Wildman–Crippen MR) is 90.9 cm³/mol. The Labute approximate surface area is 138 Å². The highest BCUT2D eigenvalue weighted by Crippen LogP contribution is 2.32. The van der Waals surface area contributed by atoms with E-state index in [2.05, 4.69) is 6.92 Å². The van der Waals surface area contributed by atoms with Gasteiger partial charge in [0.05, 0.1) is 14.2 Å². The molecule has 5 heteroatoms. The maximum atomic E-state index is 12.6. The normalized spacial score (nSPS) is 17.0. The number of likely N-dealkylation sites (tertiary alicyclic amines) is 1. The van der Waals surface area contributed by atoms with E-state index in [1.807, 2.05) is 23.1 Å². The zero-order valence-corrected chi connectivity index (χ0v) is 14.4. The molecule has 0 aromatic heterocycles. The highest BCUT2D eigenvalue weighted by atomic mass is 16.5. The lowest BCUT2D eigenvalue weighted by Crippen LogP contribution is -2.39. The fourth-order valence-corrected chi connectivity index (χ4v) is 3.07. The van der Waals surface area contributed by atoms with Gasteiger partial charge < -0.3 is 20.1 Å². The second-order valence-electron chi connectivity index (χ2n) is 6.31. The molecule has 0 bridgehead atoms. The smallest absolute Gasteiger partial charge is 0.223 e. The molecule has 128 valence electrons. The molecule has 1 aromatic carbocycles. The van der Waals surface area contributed by atoms with Crippen molar-refractivity contribution in [3.63, 3.8) is 0 Å². The molecule has 2 rings (SSSR count). The zero-order valence-electron chi connectivity index (χ0n) is 14.4.